The van der Waals surface area contributed by atoms with E-state index >= 15 is 0 Å². The van der Waals surface area contributed by atoms with E-state index in [0.29, 0.717) is 30.9 Å². The smallest absolute Gasteiger partial charge is 0.337 e. The van der Waals surface area contributed by atoms with Gasteiger partial charge in [0.05, 0.1) is 42.2 Å². The maximum atomic E-state index is 12.7. The second-order valence-electron chi connectivity index (χ2n) is 6.24. The van der Waals surface area contributed by atoms with Crippen LogP contribution in [0.3, 0.4) is 0 Å². The van der Waals surface area contributed by atoms with Crippen molar-refractivity contribution in [2.45, 2.75) is 17.5 Å². The van der Waals surface area contributed by atoms with Crippen LogP contribution in [0, 0.1) is 0 Å². The number of benzene rings is 1. The van der Waals surface area contributed by atoms with Gasteiger partial charge in [0.2, 0.25) is 10.0 Å². The predicted molar refractivity (Wildman–Crippen MR) is 94.7 cm³/mol. The third kappa shape index (κ3) is 3.39. The standard InChI is InChI=1S/C16H17N7O4S/c1-27-16(24)12-2-4-15(5-3-12)28(25,26)21-10-14(11-21)22-8-13(19-20-22)9-23-17-6-7-18-23/h2-8,14H,9-11H2,1H3. The third-order valence-electron chi connectivity index (χ3n) is 4.44. The molecule has 0 atom stereocenters. The van der Waals surface area contributed by atoms with Gasteiger partial charge in [0.25, 0.3) is 0 Å². The Hall–Kier alpha value is -3.12. The quantitative estimate of drug-likeness (QED) is 0.525. The lowest BCUT2D eigenvalue weighted by Crippen LogP contribution is -2.50. The monoisotopic (exact) mass is 403 g/mol. The van der Waals surface area contributed by atoms with Crippen molar-refractivity contribution >= 4 is 16.0 Å². The molecule has 0 aliphatic carbocycles. The summed E-state index contributed by atoms with van der Waals surface area (Å²) in [5, 5.41) is 16.2. The zero-order valence-electron chi connectivity index (χ0n) is 14.9. The molecule has 0 unspecified atom stereocenters. The molecule has 12 heteroatoms. The molecule has 1 saturated heterocycles. The van der Waals surface area contributed by atoms with Crippen LogP contribution in [0.4, 0.5) is 0 Å². The molecule has 11 nitrogen and oxygen atoms in total. The molecule has 0 bridgehead atoms. The van der Waals surface area contributed by atoms with E-state index in [1.807, 2.05) is 0 Å². The summed E-state index contributed by atoms with van der Waals surface area (Å²) in [4.78, 5) is 13.1. The highest BCUT2D eigenvalue weighted by Crippen LogP contribution is 2.28. The molecule has 1 aliphatic rings. The number of hydrogen-bond donors (Lipinski definition) is 0. The summed E-state index contributed by atoms with van der Waals surface area (Å²) in [6.45, 7) is 0.988. The van der Waals surface area contributed by atoms with Gasteiger partial charge in [-0.05, 0) is 24.3 Å². The van der Waals surface area contributed by atoms with Crippen molar-refractivity contribution in [3.63, 3.8) is 0 Å². The van der Waals surface area contributed by atoms with Gasteiger partial charge in [-0.2, -0.15) is 19.3 Å². The number of esters is 1. The molecule has 146 valence electrons. The summed E-state index contributed by atoms with van der Waals surface area (Å²) in [7, 11) is -2.36. The van der Waals surface area contributed by atoms with Gasteiger partial charge in [0.15, 0.2) is 0 Å². The van der Waals surface area contributed by atoms with Crippen molar-refractivity contribution in [1.29, 1.82) is 0 Å². The van der Waals surface area contributed by atoms with Gasteiger partial charge in [0, 0.05) is 13.1 Å². The van der Waals surface area contributed by atoms with Crippen molar-refractivity contribution < 1.29 is 17.9 Å². The number of sulfonamides is 1. The van der Waals surface area contributed by atoms with Crippen LogP contribution in [0.15, 0.2) is 47.8 Å². The van der Waals surface area contributed by atoms with Crippen molar-refractivity contribution in [1.82, 2.24) is 34.3 Å². The molecular formula is C16H17N7O4S. The second-order valence-corrected chi connectivity index (χ2v) is 8.18. The molecular weight excluding hydrogens is 386 g/mol. The first-order valence-corrected chi connectivity index (χ1v) is 9.85. The summed E-state index contributed by atoms with van der Waals surface area (Å²) in [6, 6.07) is 5.58. The zero-order valence-corrected chi connectivity index (χ0v) is 15.7. The number of carbonyl (C=O) groups excluding carboxylic acids is 1. The fourth-order valence-electron chi connectivity index (χ4n) is 2.84. The number of nitrogens with zero attached hydrogens (tertiary/aromatic N) is 7. The van der Waals surface area contributed by atoms with Crippen LogP contribution in [-0.2, 0) is 21.3 Å². The Morgan fingerprint density at radius 2 is 1.86 bits per heavy atom. The fourth-order valence-corrected chi connectivity index (χ4v) is 4.36. The minimum Gasteiger partial charge on any atom is -0.465 e. The van der Waals surface area contributed by atoms with E-state index < -0.39 is 16.0 Å². The number of carbonyl (C=O) groups is 1. The van der Waals surface area contributed by atoms with E-state index in [0.717, 1.165) is 0 Å². The van der Waals surface area contributed by atoms with Crippen LogP contribution < -0.4 is 0 Å². The van der Waals surface area contributed by atoms with Gasteiger partial charge in [0.1, 0.15) is 12.2 Å². The average molecular weight is 403 g/mol. The summed E-state index contributed by atoms with van der Waals surface area (Å²) >= 11 is 0. The molecule has 1 aromatic carbocycles. The highest BCUT2D eigenvalue weighted by atomic mass is 32.2. The van der Waals surface area contributed by atoms with Crippen LogP contribution >= 0.6 is 0 Å². The Morgan fingerprint density at radius 1 is 1.18 bits per heavy atom. The Bertz CT molecular complexity index is 1070. The average Bonchev–Trinajstić information content (AvgIpc) is 3.32. The van der Waals surface area contributed by atoms with Gasteiger partial charge in [-0.1, -0.05) is 5.21 Å². The summed E-state index contributed by atoms with van der Waals surface area (Å²) in [5.41, 5.74) is 0.987. The van der Waals surface area contributed by atoms with E-state index in [1.165, 1.54) is 40.5 Å². The van der Waals surface area contributed by atoms with Gasteiger partial charge in [-0.25, -0.2) is 17.9 Å². The molecule has 0 radical (unpaired) electrons. The van der Waals surface area contributed by atoms with Gasteiger partial charge >= 0.3 is 5.97 Å². The van der Waals surface area contributed by atoms with Gasteiger partial charge < -0.3 is 4.74 Å². The largest absolute Gasteiger partial charge is 0.465 e. The summed E-state index contributed by atoms with van der Waals surface area (Å²) in [6.07, 6.45) is 4.93. The number of methoxy groups -OCH3 is 1. The zero-order chi connectivity index (χ0) is 19.7. The minimum atomic E-state index is -3.63. The Balaban J connectivity index is 1.40. The second kappa shape index (κ2) is 7.13. The maximum absolute atomic E-state index is 12.7. The first-order valence-electron chi connectivity index (χ1n) is 8.41. The number of aromatic nitrogens is 6. The molecule has 1 aliphatic heterocycles. The number of hydrogen-bond acceptors (Lipinski definition) is 8. The van der Waals surface area contributed by atoms with E-state index in [1.54, 1.807) is 23.3 Å². The van der Waals surface area contributed by atoms with Crippen LogP contribution in [0.25, 0.3) is 0 Å². The van der Waals surface area contributed by atoms with E-state index in [-0.39, 0.29) is 10.9 Å². The first kappa shape index (κ1) is 18.3. The highest BCUT2D eigenvalue weighted by Gasteiger charge is 2.38. The molecule has 0 N–H and O–H groups in total. The van der Waals surface area contributed by atoms with Gasteiger partial charge in [-0.3, -0.25) is 0 Å². The van der Waals surface area contributed by atoms with Crippen molar-refractivity contribution in [3.05, 3.63) is 54.1 Å². The molecule has 4 rings (SSSR count). The topological polar surface area (TPSA) is 125 Å². The van der Waals surface area contributed by atoms with Crippen molar-refractivity contribution in [2.75, 3.05) is 20.2 Å². The van der Waals surface area contributed by atoms with Crippen LogP contribution in [0.2, 0.25) is 0 Å². The molecule has 0 spiro atoms. The summed E-state index contributed by atoms with van der Waals surface area (Å²) in [5.74, 6) is -0.514. The highest BCUT2D eigenvalue weighted by molar-refractivity contribution is 7.89. The molecule has 0 amide bonds. The maximum Gasteiger partial charge on any atom is 0.337 e. The van der Waals surface area contributed by atoms with Crippen LogP contribution in [0.5, 0.6) is 0 Å². The number of rotatable bonds is 6. The molecule has 3 heterocycles. The minimum absolute atomic E-state index is 0.0871. The SMILES string of the molecule is COC(=O)c1ccc(S(=O)(=O)N2CC(n3cc(Cn4nccn4)nn3)C2)cc1. The lowest BCUT2D eigenvalue weighted by Gasteiger charge is -2.37. The van der Waals surface area contributed by atoms with Crippen LogP contribution in [0.1, 0.15) is 22.1 Å². The fraction of sp³-hybridized carbons (Fsp3) is 0.312. The first-order chi connectivity index (χ1) is 13.5. The van der Waals surface area contributed by atoms with E-state index in [9.17, 15) is 13.2 Å². The van der Waals surface area contributed by atoms with Crippen molar-refractivity contribution in [3.8, 4) is 0 Å². The normalized spacial score (nSPS) is 15.3. The Labute approximate surface area is 160 Å². The molecule has 3 aromatic rings. The lowest BCUT2D eigenvalue weighted by molar-refractivity contribution is 0.0600. The molecule has 2 aromatic heterocycles. The molecule has 28 heavy (non-hydrogen) atoms. The lowest BCUT2D eigenvalue weighted by atomic mass is 10.2. The van der Waals surface area contributed by atoms with Crippen molar-refractivity contribution in [2.24, 2.45) is 0 Å². The molecule has 0 saturated carbocycles. The summed E-state index contributed by atoms with van der Waals surface area (Å²) < 4.78 is 33.0. The Kier molecular flexibility index (Phi) is 4.65. The van der Waals surface area contributed by atoms with E-state index in [2.05, 4.69) is 25.2 Å². The third-order valence-corrected chi connectivity index (χ3v) is 6.29. The Morgan fingerprint density at radius 3 is 2.50 bits per heavy atom. The predicted octanol–water partition coefficient (Wildman–Crippen LogP) is -0.0499. The van der Waals surface area contributed by atoms with Crippen LogP contribution in [-0.4, -0.2) is 68.9 Å². The van der Waals surface area contributed by atoms with E-state index in [4.69, 9.17) is 0 Å². The van der Waals surface area contributed by atoms with Gasteiger partial charge in [-0.15, -0.1) is 5.10 Å². The molecule has 1 fully saturated rings. The number of ether oxygens (including phenoxy) is 1.